The third-order valence-corrected chi connectivity index (χ3v) is 7.04. The van der Waals surface area contributed by atoms with Gasteiger partial charge in [-0.05, 0) is 32.4 Å². The molecule has 1 aromatic carbocycles. The highest BCUT2D eigenvalue weighted by Gasteiger charge is 2.44. The third-order valence-electron chi connectivity index (χ3n) is 6.08. The molecule has 1 amide bonds. The van der Waals surface area contributed by atoms with E-state index in [2.05, 4.69) is 9.97 Å². The molecule has 3 aromatic rings. The zero-order valence-corrected chi connectivity index (χ0v) is 19.6. The van der Waals surface area contributed by atoms with Gasteiger partial charge in [0, 0.05) is 41.4 Å². The van der Waals surface area contributed by atoms with E-state index in [1.807, 2.05) is 32.2 Å². The highest BCUT2D eigenvalue weighted by Crippen LogP contribution is 2.39. The van der Waals surface area contributed by atoms with E-state index in [1.54, 1.807) is 11.0 Å². The molecule has 7 nitrogen and oxygen atoms in total. The Balaban J connectivity index is 1.41. The first kappa shape index (κ1) is 22.0. The lowest BCUT2D eigenvalue weighted by Crippen LogP contribution is -2.58. The Morgan fingerprint density at radius 2 is 1.97 bits per heavy atom. The van der Waals surface area contributed by atoms with Gasteiger partial charge in [-0.1, -0.05) is 12.1 Å². The van der Waals surface area contributed by atoms with Gasteiger partial charge in [0.1, 0.15) is 22.9 Å². The molecule has 2 atom stereocenters. The fraction of sp³-hybridized carbons (Fsp3) is 0.458. The number of aromatic nitrogens is 2. The van der Waals surface area contributed by atoms with Gasteiger partial charge in [-0.25, -0.2) is 19.2 Å². The number of carbonyl (C=O) groups is 1. The van der Waals surface area contributed by atoms with Crippen molar-refractivity contribution >= 4 is 27.6 Å². The van der Waals surface area contributed by atoms with E-state index >= 15 is 0 Å². The second kappa shape index (κ2) is 8.87. The predicted octanol–water partition coefficient (Wildman–Crippen LogP) is 4.68. The normalized spacial score (nSPS) is 22.6. The van der Waals surface area contributed by atoms with Crippen LogP contribution < -0.4 is 4.74 Å². The van der Waals surface area contributed by atoms with Crippen LogP contribution in [0.4, 0.5) is 9.18 Å². The molecule has 0 aliphatic carbocycles. The van der Waals surface area contributed by atoms with Crippen LogP contribution in [0.1, 0.15) is 19.4 Å². The maximum atomic E-state index is 14.6. The molecule has 0 N–H and O–H groups in total. The van der Waals surface area contributed by atoms with Gasteiger partial charge in [-0.15, -0.1) is 11.3 Å². The first-order chi connectivity index (χ1) is 15.9. The summed E-state index contributed by atoms with van der Waals surface area (Å²) in [5.41, 5.74) is 2.78. The van der Waals surface area contributed by atoms with Crippen molar-refractivity contribution in [2.45, 2.75) is 33.0 Å². The number of rotatable bonds is 4. The van der Waals surface area contributed by atoms with E-state index in [0.29, 0.717) is 43.3 Å². The van der Waals surface area contributed by atoms with Crippen LogP contribution in [-0.2, 0) is 9.47 Å². The van der Waals surface area contributed by atoms with E-state index in [1.165, 1.54) is 23.7 Å². The van der Waals surface area contributed by atoms with Crippen molar-refractivity contribution in [2.24, 2.45) is 11.8 Å². The Kier molecular flexibility index (Phi) is 5.92. The Morgan fingerprint density at radius 3 is 2.67 bits per heavy atom. The lowest BCUT2D eigenvalue weighted by Gasteiger charge is -2.45. The standard InChI is InChI=1S/C24H26FN3O4S/c1-13(2)31-24(29)28-7-15-9-30-10-16(8-28)21(15)32-23-22-20(26-12-27-23)18(11-33-22)17-5-4-14(3)6-19(17)25/h4-6,11-13,15-16,21H,7-10H2,1-3H3. The highest BCUT2D eigenvalue weighted by atomic mass is 32.1. The van der Waals surface area contributed by atoms with Crippen LogP contribution in [0, 0.1) is 24.6 Å². The van der Waals surface area contributed by atoms with Crippen molar-refractivity contribution < 1.29 is 23.4 Å². The number of ether oxygens (including phenoxy) is 3. The number of benzene rings is 1. The summed E-state index contributed by atoms with van der Waals surface area (Å²) in [5, 5.41) is 1.90. The minimum atomic E-state index is -0.298. The Hall–Kier alpha value is -2.78. The average molecular weight is 472 g/mol. The molecule has 0 saturated carbocycles. The van der Waals surface area contributed by atoms with E-state index < -0.39 is 0 Å². The van der Waals surface area contributed by atoms with E-state index in [-0.39, 0.29) is 36.0 Å². The molecule has 33 heavy (non-hydrogen) atoms. The van der Waals surface area contributed by atoms with Crippen molar-refractivity contribution in [1.29, 1.82) is 0 Å². The third kappa shape index (κ3) is 4.27. The number of amides is 1. The molecule has 2 saturated heterocycles. The summed E-state index contributed by atoms with van der Waals surface area (Å²) in [6, 6.07) is 5.19. The number of carbonyl (C=O) groups excluding carboxylic acids is 1. The number of likely N-dealkylation sites (tertiary alicyclic amines) is 1. The quantitative estimate of drug-likeness (QED) is 0.550. The van der Waals surface area contributed by atoms with Crippen molar-refractivity contribution in [3.8, 4) is 17.0 Å². The highest BCUT2D eigenvalue weighted by molar-refractivity contribution is 7.18. The number of aryl methyl sites for hydroxylation is 1. The number of thiophene rings is 1. The minimum Gasteiger partial charge on any atom is -0.472 e. The van der Waals surface area contributed by atoms with Crippen LogP contribution in [0.2, 0.25) is 0 Å². The lowest BCUT2D eigenvalue weighted by atomic mass is 9.84. The van der Waals surface area contributed by atoms with Crippen LogP contribution >= 0.6 is 11.3 Å². The first-order valence-corrected chi connectivity index (χ1v) is 12.0. The van der Waals surface area contributed by atoms with Gasteiger partial charge in [0.25, 0.3) is 0 Å². The smallest absolute Gasteiger partial charge is 0.410 e. The van der Waals surface area contributed by atoms with Crippen LogP contribution in [-0.4, -0.2) is 59.5 Å². The van der Waals surface area contributed by atoms with Crippen LogP contribution in [0.3, 0.4) is 0 Å². The van der Waals surface area contributed by atoms with Gasteiger partial charge >= 0.3 is 6.09 Å². The monoisotopic (exact) mass is 471 g/mol. The molecule has 2 fully saturated rings. The fourth-order valence-corrected chi connectivity index (χ4v) is 5.54. The largest absolute Gasteiger partial charge is 0.472 e. The number of hydrogen-bond acceptors (Lipinski definition) is 7. The molecular weight excluding hydrogens is 445 g/mol. The summed E-state index contributed by atoms with van der Waals surface area (Å²) in [7, 11) is 0. The first-order valence-electron chi connectivity index (χ1n) is 11.1. The van der Waals surface area contributed by atoms with Gasteiger partial charge in [0.2, 0.25) is 5.88 Å². The Morgan fingerprint density at radius 1 is 1.21 bits per heavy atom. The number of hydrogen-bond donors (Lipinski definition) is 0. The van der Waals surface area contributed by atoms with Crippen LogP contribution in [0.15, 0.2) is 29.9 Å². The molecule has 5 rings (SSSR count). The topological polar surface area (TPSA) is 73.8 Å². The number of nitrogens with zero attached hydrogens (tertiary/aromatic N) is 3. The molecular formula is C24H26FN3O4S. The van der Waals surface area contributed by atoms with Crippen molar-refractivity contribution in [2.75, 3.05) is 26.3 Å². The minimum absolute atomic E-state index is 0.0104. The molecule has 9 heteroatoms. The van der Waals surface area contributed by atoms with Gasteiger partial charge in [-0.2, -0.15) is 0 Å². The van der Waals surface area contributed by atoms with Crippen LogP contribution in [0.5, 0.6) is 5.88 Å². The van der Waals surface area contributed by atoms with E-state index in [9.17, 15) is 9.18 Å². The molecule has 2 aliphatic rings. The van der Waals surface area contributed by atoms with E-state index in [4.69, 9.17) is 14.2 Å². The molecule has 2 aromatic heterocycles. The van der Waals surface area contributed by atoms with Crippen LogP contribution in [0.25, 0.3) is 21.3 Å². The van der Waals surface area contributed by atoms with Crippen molar-refractivity contribution in [3.05, 3.63) is 41.3 Å². The molecule has 174 valence electrons. The maximum Gasteiger partial charge on any atom is 0.410 e. The predicted molar refractivity (Wildman–Crippen MR) is 123 cm³/mol. The molecule has 2 aliphatic heterocycles. The van der Waals surface area contributed by atoms with Gasteiger partial charge < -0.3 is 19.1 Å². The van der Waals surface area contributed by atoms with Crippen molar-refractivity contribution in [3.63, 3.8) is 0 Å². The zero-order chi connectivity index (χ0) is 23.1. The zero-order valence-electron chi connectivity index (χ0n) is 18.8. The SMILES string of the molecule is Cc1ccc(-c2csc3c(OC4C5COCC4CN(C(=O)OC(C)C)C5)ncnc23)c(F)c1. The summed E-state index contributed by atoms with van der Waals surface area (Å²) >= 11 is 1.44. The number of piperidine rings is 1. The summed E-state index contributed by atoms with van der Waals surface area (Å²) in [6.45, 7) is 7.57. The second-order valence-electron chi connectivity index (χ2n) is 8.97. The summed E-state index contributed by atoms with van der Waals surface area (Å²) in [6.07, 6.45) is 0.860. The maximum absolute atomic E-state index is 14.6. The van der Waals surface area contributed by atoms with E-state index in [0.717, 1.165) is 15.8 Å². The summed E-state index contributed by atoms with van der Waals surface area (Å²) < 4.78 is 33.0. The Bertz CT molecular complexity index is 1170. The second-order valence-corrected chi connectivity index (χ2v) is 9.85. The molecule has 0 spiro atoms. The fourth-order valence-electron chi connectivity index (χ4n) is 4.59. The summed E-state index contributed by atoms with van der Waals surface area (Å²) in [4.78, 5) is 23.0. The molecule has 4 heterocycles. The molecule has 0 radical (unpaired) electrons. The van der Waals surface area contributed by atoms with Gasteiger partial charge in [0.05, 0.1) is 24.8 Å². The van der Waals surface area contributed by atoms with Gasteiger partial charge in [-0.3, -0.25) is 0 Å². The molecule has 2 bridgehead atoms. The molecule has 2 unspecified atom stereocenters. The summed E-state index contributed by atoms with van der Waals surface area (Å²) in [5.74, 6) is 0.236. The van der Waals surface area contributed by atoms with Gasteiger partial charge in [0.15, 0.2) is 0 Å². The lowest BCUT2D eigenvalue weighted by molar-refractivity contribution is -0.110. The number of halogens is 1. The average Bonchev–Trinajstić information content (AvgIpc) is 3.18. The van der Waals surface area contributed by atoms with Crippen molar-refractivity contribution in [1.82, 2.24) is 14.9 Å². The Labute approximate surface area is 195 Å². The number of fused-ring (bicyclic) bond motifs is 3.